The van der Waals surface area contributed by atoms with E-state index in [1.54, 1.807) is 12.1 Å². The summed E-state index contributed by atoms with van der Waals surface area (Å²) in [5, 5.41) is 24.3. The molecule has 7 heteroatoms. The Balaban J connectivity index is 1.12. The molecule has 9 aromatic carbocycles. The molecule has 0 N–H and O–H groups in total. The number of aromatic nitrogens is 4. The summed E-state index contributed by atoms with van der Waals surface area (Å²) in [6.45, 7) is 8.02. The molecule has 12 rings (SSSR count). The first-order chi connectivity index (χ1) is 33.6. The molecule has 0 bridgehead atoms. The van der Waals surface area contributed by atoms with E-state index in [2.05, 4.69) is 178 Å². The second-order valence-electron chi connectivity index (χ2n) is 16.7. The minimum atomic E-state index is 0.263. The predicted octanol–water partition coefficient (Wildman–Crippen LogP) is 15.3. The van der Waals surface area contributed by atoms with Crippen LogP contribution in [0.1, 0.15) is 11.1 Å². The number of benzene rings is 9. The zero-order valence-corrected chi connectivity index (χ0v) is 36.3. The lowest BCUT2D eigenvalue weighted by Crippen LogP contribution is -2.01. The summed E-state index contributed by atoms with van der Waals surface area (Å²) in [7, 11) is 0. The Bertz CT molecular complexity index is 3980. The lowest BCUT2D eigenvalue weighted by molar-refractivity contribution is 1.16. The van der Waals surface area contributed by atoms with Crippen molar-refractivity contribution in [1.29, 1.82) is 10.5 Å². The topological polar surface area (TPSA) is 87.6 Å². The van der Waals surface area contributed by atoms with Crippen molar-refractivity contribution in [1.82, 2.24) is 19.1 Å². The quantitative estimate of drug-likeness (QED) is 0.149. The van der Waals surface area contributed by atoms with Crippen molar-refractivity contribution in [2.75, 3.05) is 0 Å². The Kier molecular flexibility index (Phi) is 9.51. The molecule has 0 saturated carbocycles. The van der Waals surface area contributed by atoms with Crippen LogP contribution in [-0.4, -0.2) is 19.1 Å². The van der Waals surface area contributed by atoms with Crippen molar-refractivity contribution in [2.45, 2.75) is 0 Å². The number of fused-ring (bicyclic) bond motifs is 6. The summed E-state index contributed by atoms with van der Waals surface area (Å²) in [6.07, 6.45) is 0. The standard InChI is InChI=1S/C61H35N7/c1-64-54-32-39(37-62)31-45(38-63)60(54)43-27-29-59-51(34-43)49-23-10-13-26-57(49)68(59)58-30-28-44(61-65-52(40-15-4-2-5-16-40)36-53(66-61)41-17-6-3-7-18-41)35-50(58)42-19-14-20-46(33-42)67-55-24-11-8-21-47(55)48-22-9-12-25-56(48)67/h2-36H. The maximum atomic E-state index is 10.3. The Morgan fingerprint density at radius 3 is 1.60 bits per heavy atom. The Morgan fingerprint density at radius 1 is 0.426 bits per heavy atom. The van der Waals surface area contributed by atoms with E-state index in [1.165, 1.54) is 10.8 Å². The first kappa shape index (κ1) is 39.7. The van der Waals surface area contributed by atoms with Gasteiger partial charge in [0.05, 0.1) is 63.4 Å². The maximum Gasteiger partial charge on any atom is 0.197 e. The number of nitriles is 2. The summed E-state index contributed by atoms with van der Waals surface area (Å²) < 4.78 is 4.64. The van der Waals surface area contributed by atoms with Gasteiger partial charge in [0.15, 0.2) is 11.5 Å². The molecule has 0 fully saturated rings. The molecule has 3 heterocycles. The van der Waals surface area contributed by atoms with Gasteiger partial charge in [-0.3, -0.25) is 0 Å². The van der Waals surface area contributed by atoms with Crippen LogP contribution in [0.2, 0.25) is 0 Å². The third kappa shape index (κ3) is 6.57. The molecular formula is C61H35N7. The maximum absolute atomic E-state index is 10.3. The lowest BCUT2D eigenvalue weighted by Gasteiger charge is -2.18. The minimum Gasteiger partial charge on any atom is -0.309 e. The first-order valence-electron chi connectivity index (χ1n) is 22.2. The van der Waals surface area contributed by atoms with E-state index in [4.69, 9.17) is 16.5 Å². The number of nitrogens with zero attached hydrogens (tertiary/aromatic N) is 7. The molecule has 0 atom stereocenters. The number of hydrogen-bond acceptors (Lipinski definition) is 4. The fourth-order valence-electron chi connectivity index (χ4n) is 9.76. The Hall–Kier alpha value is -9.87. The summed E-state index contributed by atoms with van der Waals surface area (Å²) in [5.74, 6) is 0.606. The van der Waals surface area contributed by atoms with Gasteiger partial charge in [-0.05, 0) is 90.0 Å². The number of hydrogen-bond donors (Lipinski definition) is 0. The van der Waals surface area contributed by atoms with Gasteiger partial charge in [0.25, 0.3) is 0 Å². The monoisotopic (exact) mass is 865 g/mol. The van der Waals surface area contributed by atoms with Gasteiger partial charge in [0.2, 0.25) is 0 Å². The SMILES string of the molecule is [C-]#[N+]c1cc(C#N)cc(C#N)c1-c1ccc2c(c1)c1ccccc1n2-c1ccc(-c2nc(-c3ccccc3)cc(-c3ccccc3)n2)cc1-c1cccc(-n2c3ccccc3c3ccccc32)c1. The molecule has 12 aromatic rings. The molecule has 0 spiro atoms. The van der Waals surface area contributed by atoms with E-state index in [-0.39, 0.29) is 16.8 Å². The summed E-state index contributed by atoms with van der Waals surface area (Å²) >= 11 is 0. The molecule has 314 valence electrons. The summed E-state index contributed by atoms with van der Waals surface area (Å²) in [5.41, 5.74) is 14.7. The highest BCUT2D eigenvalue weighted by Gasteiger charge is 2.22. The molecule has 0 radical (unpaired) electrons. The van der Waals surface area contributed by atoms with Crippen LogP contribution in [0.15, 0.2) is 212 Å². The van der Waals surface area contributed by atoms with Crippen LogP contribution in [0.25, 0.3) is 116 Å². The van der Waals surface area contributed by atoms with E-state index in [0.29, 0.717) is 11.4 Å². The largest absolute Gasteiger partial charge is 0.309 e. The van der Waals surface area contributed by atoms with Crippen molar-refractivity contribution in [2.24, 2.45) is 0 Å². The molecular weight excluding hydrogens is 831 g/mol. The van der Waals surface area contributed by atoms with Crippen molar-refractivity contribution in [3.63, 3.8) is 0 Å². The second-order valence-corrected chi connectivity index (χ2v) is 16.7. The highest BCUT2D eigenvalue weighted by Crippen LogP contribution is 2.43. The van der Waals surface area contributed by atoms with Crippen molar-refractivity contribution in [3.8, 4) is 79.7 Å². The van der Waals surface area contributed by atoms with Crippen LogP contribution in [-0.2, 0) is 0 Å². The second kappa shape index (κ2) is 16.3. The first-order valence-corrected chi connectivity index (χ1v) is 22.2. The average molecular weight is 866 g/mol. The molecule has 3 aromatic heterocycles. The zero-order valence-electron chi connectivity index (χ0n) is 36.3. The number of rotatable bonds is 7. The van der Waals surface area contributed by atoms with Gasteiger partial charge in [-0.1, -0.05) is 133 Å². The third-order valence-electron chi connectivity index (χ3n) is 12.8. The van der Waals surface area contributed by atoms with Gasteiger partial charge in [-0.25, -0.2) is 14.8 Å². The van der Waals surface area contributed by atoms with Crippen LogP contribution in [0.5, 0.6) is 0 Å². The molecule has 68 heavy (non-hydrogen) atoms. The van der Waals surface area contributed by atoms with E-state index >= 15 is 0 Å². The van der Waals surface area contributed by atoms with Crippen molar-refractivity contribution in [3.05, 3.63) is 235 Å². The Morgan fingerprint density at radius 2 is 0.985 bits per heavy atom. The van der Waals surface area contributed by atoms with Gasteiger partial charge < -0.3 is 9.13 Å². The van der Waals surface area contributed by atoms with Crippen LogP contribution < -0.4 is 0 Å². The van der Waals surface area contributed by atoms with Gasteiger partial charge in [0, 0.05) is 60.6 Å². The molecule has 0 aliphatic heterocycles. The van der Waals surface area contributed by atoms with Crippen LogP contribution >= 0.6 is 0 Å². The van der Waals surface area contributed by atoms with E-state index < -0.39 is 0 Å². The summed E-state index contributed by atoms with van der Waals surface area (Å²) in [6, 6.07) is 76.8. The highest BCUT2D eigenvalue weighted by molar-refractivity contribution is 6.12. The molecule has 0 amide bonds. The van der Waals surface area contributed by atoms with Gasteiger partial charge in [0.1, 0.15) is 0 Å². The van der Waals surface area contributed by atoms with Crippen LogP contribution in [0.3, 0.4) is 0 Å². The van der Waals surface area contributed by atoms with Gasteiger partial charge in [-0.15, -0.1) is 0 Å². The van der Waals surface area contributed by atoms with Crippen LogP contribution in [0.4, 0.5) is 5.69 Å². The molecule has 0 unspecified atom stereocenters. The smallest absolute Gasteiger partial charge is 0.197 e. The molecule has 7 nitrogen and oxygen atoms in total. The fourth-order valence-corrected chi connectivity index (χ4v) is 9.76. The van der Waals surface area contributed by atoms with E-state index in [9.17, 15) is 10.5 Å². The molecule has 0 saturated heterocycles. The van der Waals surface area contributed by atoms with Gasteiger partial charge >= 0.3 is 0 Å². The van der Waals surface area contributed by atoms with Gasteiger partial charge in [-0.2, -0.15) is 10.5 Å². The lowest BCUT2D eigenvalue weighted by atomic mass is 9.95. The van der Waals surface area contributed by atoms with Crippen molar-refractivity contribution >= 4 is 49.3 Å². The molecule has 0 aliphatic carbocycles. The predicted molar refractivity (Wildman–Crippen MR) is 274 cm³/mol. The van der Waals surface area contributed by atoms with Crippen molar-refractivity contribution < 1.29 is 0 Å². The molecule has 0 aliphatic rings. The third-order valence-corrected chi connectivity index (χ3v) is 12.8. The average Bonchev–Trinajstić information content (AvgIpc) is 3.93. The normalized spacial score (nSPS) is 11.2. The Labute approximate surface area is 391 Å². The fraction of sp³-hybridized carbons (Fsp3) is 0. The highest BCUT2D eigenvalue weighted by atomic mass is 15.0. The van der Waals surface area contributed by atoms with Crippen LogP contribution in [0, 0.1) is 29.2 Å². The van der Waals surface area contributed by atoms with E-state index in [0.717, 1.165) is 89.0 Å². The minimum absolute atomic E-state index is 0.263. The van der Waals surface area contributed by atoms with E-state index in [1.807, 2.05) is 48.5 Å². The number of para-hydroxylation sites is 3. The zero-order chi connectivity index (χ0) is 45.7. The summed E-state index contributed by atoms with van der Waals surface area (Å²) in [4.78, 5) is 14.3.